The molecule has 0 rings (SSSR count). The number of nitro groups is 1. The van der Waals surface area contributed by atoms with Gasteiger partial charge in [-0.05, 0) is 44.6 Å². The van der Waals surface area contributed by atoms with E-state index in [1.165, 1.54) is 19.3 Å². The van der Waals surface area contributed by atoms with Crippen LogP contribution in [0.5, 0.6) is 0 Å². The number of rotatable bonds is 15. The van der Waals surface area contributed by atoms with Crippen LogP contribution in [0.25, 0.3) is 0 Å². The molecule has 0 aromatic carbocycles. The van der Waals surface area contributed by atoms with Gasteiger partial charge in [0.15, 0.2) is 0 Å². The van der Waals surface area contributed by atoms with Gasteiger partial charge in [-0.2, -0.15) is 0 Å². The molecule has 0 aromatic heterocycles. The van der Waals surface area contributed by atoms with E-state index in [-0.39, 0.29) is 18.5 Å². The fourth-order valence-corrected chi connectivity index (χ4v) is 2.16. The minimum atomic E-state index is -0.926. The summed E-state index contributed by atoms with van der Waals surface area (Å²) in [6.45, 7) is 2.20. The Bertz CT molecular complexity index is 490. The van der Waals surface area contributed by atoms with Gasteiger partial charge in [0.2, 0.25) is 5.70 Å². The molecular weight excluding hydrogens is 318 g/mol. The zero-order chi connectivity index (χ0) is 18.8. The normalized spacial score (nSPS) is 12.6. The molecule has 140 valence electrons. The van der Waals surface area contributed by atoms with Crippen molar-refractivity contribution in [2.45, 2.75) is 71.1 Å². The number of unbranched alkanes of at least 4 members (excludes halogenated alkanes) is 3. The van der Waals surface area contributed by atoms with Crippen LogP contribution in [0.4, 0.5) is 0 Å². The van der Waals surface area contributed by atoms with Crippen LogP contribution in [-0.2, 0) is 4.79 Å². The van der Waals surface area contributed by atoms with Gasteiger partial charge in [-0.1, -0.05) is 56.2 Å². The van der Waals surface area contributed by atoms with E-state index in [2.05, 4.69) is 31.2 Å². The molecule has 0 saturated carbocycles. The second-order valence-electron chi connectivity index (χ2n) is 5.82. The van der Waals surface area contributed by atoms with Crippen molar-refractivity contribution in [3.63, 3.8) is 0 Å². The van der Waals surface area contributed by atoms with Crippen LogP contribution >= 0.6 is 0 Å². The third kappa shape index (κ3) is 16.5. The number of carbonyl (C=O) groups is 1. The first-order valence-electron chi connectivity index (χ1n) is 9.08. The van der Waals surface area contributed by atoms with E-state index in [1.54, 1.807) is 6.08 Å². The maximum atomic E-state index is 10.9. The van der Waals surface area contributed by atoms with Crippen molar-refractivity contribution >= 4 is 5.97 Å². The van der Waals surface area contributed by atoms with Gasteiger partial charge in [0.25, 0.3) is 0 Å². The number of allylic oxidation sites excluding steroid dienone is 8. The summed E-state index contributed by atoms with van der Waals surface area (Å²) in [6, 6.07) is 0. The number of hydrogen-bond acceptors (Lipinski definition) is 3. The molecule has 25 heavy (non-hydrogen) atoms. The Hall–Kier alpha value is -2.17. The van der Waals surface area contributed by atoms with Crippen LogP contribution in [0.1, 0.15) is 71.1 Å². The van der Waals surface area contributed by atoms with Crippen LogP contribution in [0.2, 0.25) is 0 Å². The molecule has 1 N–H and O–H groups in total. The molecule has 5 nitrogen and oxygen atoms in total. The van der Waals surface area contributed by atoms with Crippen molar-refractivity contribution in [1.29, 1.82) is 0 Å². The molecule has 0 spiro atoms. The Morgan fingerprint density at radius 1 is 0.920 bits per heavy atom. The van der Waals surface area contributed by atoms with Crippen LogP contribution < -0.4 is 0 Å². The zero-order valence-corrected chi connectivity index (χ0v) is 15.2. The predicted octanol–water partition coefficient (Wildman–Crippen LogP) is 5.82. The molecule has 0 atom stereocenters. The second kappa shape index (κ2) is 16.7. The van der Waals surface area contributed by atoms with Gasteiger partial charge in [0.05, 0.1) is 4.92 Å². The van der Waals surface area contributed by atoms with Gasteiger partial charge in [-0.15, -0.1) is 0 Å². The standard InChI is InChI=1S/C20H31NO4/c1-2-3-4-5-6-7-8-9-10-11-12-13-14-16-19(21(24)25)17-15-18-20(22)23/h6-7,9-10,12-13,16H,2-5,8,11,14-15,17-18H2,1H3,(H,22,23). The van der Waals surface area contributed by atoms with Crippen molar-refractivity contribution in [3.05, 3.63) is 58.3 Å². The summed E-state index contributed by atoms with van der Waals surface area (Å²) in [7, 11) is 0. The van der Waals surface area contributed by atoms with Crippen molar-refractivity contribution in [1.82, 2.24) is 0 Å². The van der Waals surface area contributed by atoms with Gasteiger partial charge >= 0.3 is 5.97 Å². The summed E-state index contributed by atoms with van der Waals surface area (Å²) in [5.74, 6) is -0.926. The van der Waals surface area contributed by atoms with Crippen molar-refractivity contribution in [3.8, 4) is 0 Å². The van der Waals surface area contributed by atoms with E-state index in [1.807, 2.05) is 12.2 Å². The largest absolute Gasteiger partial charge is 0.481 e. The van der Waals surface area contributed by atoms with Gasteiger partial charge in [0.1, 0.15) is 0 Å². The quantitative estimate of drug-likeness (QED) is 0.175. The minimum absolute atomic E-state index is 0.0428. The molecule has 5 heteroatoms. The average Bonchev–Trinajstić information content (AvgIpc) is 2.56. The molecule has 0 fully saturated rings. The predicted molar refractivity (Wildman–Crippen MR) is 102 cm³/mol. The Morgan fingerprint density at radius 3 is 2.08 bits per heavy atom. The number of aliphatic carboxylic acids is 1. The highest BCUT2D eigenvalue weighted by atomic mass is 16.6. The Labute approximate surface area is 151 Å². The molecule has 0 unspecified atom stereocenters. The topological polar surface area (TPSA) is 80.4 Å². The molecule has 0 amide bonds. The van der Waals surface area contributed by atoms with E-state index < -0.39 is 10.9 Å². The first kappa shape index (κ1) is 22.8. The minimum Gasteiger partial charge on any atom is -0.481 e. The first-order chi connectivity index (χ1) is 12.1. The summed E-state index contributed by atoms with van der Waals surface area (Å²) >= 11 is 0. The van der Waals surface area contributed by atoms with Gasteiger partial charge < -0.3 is 5.11 Å². The van der Waals surface area contributed by atoms with Gasteiger partial charge in [0, 0.05) is 12.8 Å². The maximum Gasteiger partial charge on any atom is 0.303 e. The van der Waals surface area contributed by atoms with E-state index in [4.69, 9.17) is 5.11 Å². The number of carboxylic acids is 1. The van der Waals surface area contributed by atoms with Crippen LogP contribution in [-0.4, -0.2) is 16.0 Å². The van der Waals surface area contributed by atoms with E-state index in [0.29, 0.717) is 12.8 Å². The molecule has 0 bridgehead atoms. The molecule has 0 aliphatic heterocycles. The third-order valence-electron chi connectivity index (χ3n) is 3.57. The first-order valence-corrected chi connectivity index (χ1v) is 9.08. The van der Waals surface area contributed by atoms with Crippen LogP contribution in [0.3, 0.4) is 0 Å². The molecule has 0 aliphatic rings. The zero-order valence-electron chi connectivity index (χ0n) is 15.2. The Morgan fingerprint density at radius 2 is 1.52 bits per heavy atom. The SMILES string of the molecule is CCCCCC=CCC=CCC=CCC=C(CCCC(=O)O)[N+](=O)[O-]. The van der Waals surface area contributed by atoms with Crippen LogP contribution in [0, 0.1) is 10.1 Å². The summed E-state index contributed by atoms with van der Waals surface area (Å²) < 4.78 is 0. The van der Waals surface area contributed by atoms with E-state index in [0.717, 1.165) is 19.3 Å². The molecular formula is C20H31NO4. The lowest BCUT2D eigenvalue weighted by Gasteiger charge is -1.96. The lowest BCUT2D eigenvalue weighted by Crippen LogP contribution is -2.01. The molecule has 0 aromatic rings. The molecule has 0 saturated heterocycles. The van der Waals surface area contributed by atoms with E-state index >= 15 is 0 Å². The van der Waals surface area contributed by atoms with Crippen molar-refractivity contribution in [2.24, 2.45) is 0 Å². The van der Waals surface area contributed by atoms with Crippen molar-refractivity contribution in [2.75, 3.05) is 0 Å². The molecule has 0 radical (unpaired) electrons. The number of nitrogens with zero attached hydrogens (tertiary/aromatic N) is 1. The number of carboxylic acid groups (broad SMARTS) is 1. The van der Waals surface area contributed by atoms with E-state index in [9.17, 15) is 14.9 Å². The highest BCUT2D eigenvalue weighted by Crippen LogP contribution is 2.09. The van der Waals surface area contributed by atoms with Crippen LogP contribution in [0.15, 0.2) is 48.2 Å². The third-order valence-corrected chi connectivity index (χ3v) is 3.57. The van der Waals surface area contributed by atoms with Gasteiger partial charge in [-0.3, -0.25) is 14.9 Å². The summed E-state index contributed by atoms with van der Waals surface area (Å²) in [5, 5.41) is 19.4. The summed E-state index contributed by atoms with van der Waals surface area (Å²) in [4.78, 5) is 20.9. The monoisotopic (exact) mass is 349 g/mol. The fourth-order valence-electron chi connectivity index (χ4n) is 2.16. The molecule has 0 aliphatic carbocycles. The Balaban J connectivity index is 3.91. The van der Waals surface area contributed by atoms with Gasteiger partial charge in [-0.25, -0.2) is 0 Å². The summed E-state index contributed by atoms with van der Waals surface area (Å²) in [5.41, 5.74) is 0.0923. The number of hydrogen-bond donors (Lipinski definition) is 1. The summed E-state index contributed by atoms with van der Waals surface area (Å²) in [6.07, 6.45) is 21.7. The highest BCUT2D eigenvalue weighted by molar-refractivity contribution is 5.66. The second-order valence-corrected chi connectivity index (χ2v) is 5.82. The lowest BCUT2D eigenvalue weighted by molar-refractivity contribution is -0.428. The maximum absolute atomic E-state index is 10.9. The van der Waals surface area contributed by atoms with Crippen molar-refractivity contribution < 1.29 is 14.8 Å². The highest BCUT2D eigenvalue weighted by Gasteiger charge is 2.10. The smallest absolute Gasteiger partial charge is 0.303 e. The molecule has 0 heterocycles. The fraction of sp³-hybridized carbons (Fsp3) is 0.550. The Kier molecular flexibility index (Phi) is 15.2. The average molecular weight is 349 g/mol. The lowest BCUT2D eigenvalue weighted by atomic mass is 10.1.